The van der Waals surface area contributed by atoms with Crippen LogP contribution in [0.1, 0.15) is 10.5 Å². The Kier molecular flexibility index (Phi) is 1.11. The lowest BCUT2D eigenvalue weighted by molar-refractivity contribution is 0.0996. The predicted molar refractivity (Wildman–Crippen MR) is 29.4 cm³/mol. The van der Waals surface area contributed by atoms with Crippen LogP contribution in [-0.4, -0.2) is 10.9 Å². The van der Waals surface area contributed by atoms with Gasteiger partial charge in [0, 0.05) is 0 Å². The fourth-order valence-electron chi connectivity index (χ4n) is 0.440. The zero-order valence-electron chi connectivity index (χ0n) is 4.50. The molecule has 1 heterocycles. The molecular formula is C4H5N3O2. The summed E-state index contributed by atoms with van der Waals surface area (Å²) in [6, 6.07) is 0. The second-order valence-corrected chi connectivity index (χ2v) is 1.43. The highest BCUT2D eigenvalue weighted by Gasteiger charge is 2.08. The predicted octanol–water partition coefficient (Wildman–Crippen LogP) is -0.644. The van der Waals surface area contributed by atoms with Crippen molar-refractivity contribution in [1.29, 1.82) is 0 Å². The van der Waals surface area contributed by atoms with Crippen LogP contribution in [0.2, 0.25) is 0 Å². The van der Waals surface area contributed by atoms with Crippen LogP contribution in [0.3, 0.4) is 0 Å². The lowest BCUT2D eigenvalue weighted by Gasteiger charge is -1.84. The van der Waals surface area contributed by atoms with Gasteiger partial charge in [0.1, 0.15) is 0 Å². The van der Waals surface area contributed by atoms with E-state index < -0.39 is 5.91 Å². The number of aromatic nitrogens is 1. The first-order valence-corrected chi connectivity index (χ1v) is 2.20. The summed E-state index contributed by atoms with van der Waals surface area (Å²) in [7, 11) is 0. The van der Waals surface area contributed by atoms with Crippen molar-refractivity contribution in [3.8, 4) is 0 Å². The zero-order valence-corrected chi connectivity index (χ0v) is 4.50. The first-order chi connectivity index (χ1) is 4.22. The van der Waals surface area contributed by atoms with Crippen LogP contribution in [0.25, 0.3) is 0 Å². The van der Waals surface area contributed by atoms with Gasteiger partial charge in [-0.2, -0.15) is 0 Å². The average Bonchev–Trinajstić information content (AvgIpc) is 2.13. The molecule has 0 spiro atoms. The molecule has 0 unspecified atom stereocenters. The minimum absolute atomic E-state index is 0.0185. The number of hydrogen-bond acceptors (Lipinski definition) is 4. The van der Waals surface area contributed by atoms with Crippen molar-refractivity contribution >= 4 is 11.8 Å². The van der Waals surface area contributed by atoms with Crippen molar-refractivity contribution in [1.82, 2.24) is 4.98 Å². The molecule has 0 aliphatic heterocycles. The first-order valence-electron chi connectivity index (χ1n) is 2.20. The minimum Gasteiger partial charge on any atom is -0.427 e. The van der Waals surface area contributed by atoms with Crippen LogP contribution >= 0.6 is 0 Å². The zero-order chi connectivity index (χ0) is 6.85. The van der Waals surface area contributed by atoms with Gasteiger partial charge in [-0.15, -0.1) is 0 Å². The molecule has 0 saturated carbocycles. The highest BCUT2D eigenvalue weighted by molar-refractivity contribution is 5.94. The van der Waals surface area contributed by atoms with Gasteiger partial charge in [-0.1, -0.05) is 0 Å². The van der Waals surface area contributed by atoms with Gasteiger partial charge in [-0.05, 0) is 0 Å². The van der Waals surface area contributed by atoms with E-state index in [4.69, 9.17) is 11.5 Å². The Bertz CT molecular complexity index is 229. The second kappa shape index (κ2) is 1.77. The summed E-state index contributed by atoms with van der Waals surface area (Å²) in [5.41, 5.74) is 9.91. The lowest BCUT2D eigenvalue weighted by atomic mass is 10.4. The van der Waals surface area contributed by atoms with Crippen LogP contribution in [0, 0.1) is 0 Å². The van der Waals surface area contributed by atoms with Crippen LogP contribution < -0.4 is 11.5 Å². The molecule has 0 radical (unpaired) electrons. The van der Waals surface area contributed by atoms with Crippen LogP contribution in [0.5, 0.6) is 0 Å². The second-order valence-electron chi connectivity index (χ2n) is 1.43. The van der Waals surface area contributed by atoms with Crippen molar-refractivity contribution < 1.29 is 9.21 Å². The van der Waals surface area contributed by atoms with Crippen molar-refractivity contribution in [2.75, 3.05) is 5.73 Å². The summed E-state index contributed by atoms with van der Waals surface area (Å²) < 4.78 is 4.49. The molecule has 0 aliphatic rings. The fourth-order valence-corrected chi connectivity index (χ4v) is 0.440. The highest BCUT2D eigenvalue weighted by atomic mass is 16.3. The van der Waals surface area contributed by atoms with E-state index >= 15 is 0 Å². The van der Waals surface area contributed by atoms with Gasteiger partial charge < -0.3 is 15.9 Å². The number of oxazole rings is 1. The average molecular weight is 127 g/mol. The van der Waals surface area contributed by atoms with Gasteiger partial charge in [0.25, 0.3) is 5.91 Å². The highest BCUT2D eigenvalue weighted by Crippen LogP contribution is 2.05. The number of hydrogen-bond donors (Lipinski definition) is 2. The first kappa shape index (κ1) is 5.61. The van der Waals surface area contributed by atoms with Crippen LogP contribution in [0.4, 0.5) is 5.88 Å². The normalized spacial score (nSPS) is 9.33. The van der Waals surface area contributed by atoms with E-state index in [-0.39, 0.29) is 11.6 Å². The number of anilines is 1. The molecule has 1 amide bonds. The van der Waals surface area contributed by atoms with Crippen molar-refractivity contribution in [3.63, 3.8) is 0 Å². The Morgan fingerprint density at radius 1 is 1.78 bits per heavy atom. The summed E-state index contributed by atoms with van der Waals surface area (Å²) in [5, 5.41) is 0. The number of amides is 1. The standard InChI is InChI=1S/C4H5N3O2/c5-3(8)2-4(6)9-1-7-2/h1H,6H2,(H2,5,8). The van der Waals surface area contributed by atoms with Gasteiger partial charge >= 0.3 is 0 Å². The molecule has 0 bridgehead atoms. The Morgan fingerprint density at radius 2 is 2.44 bits per heavy atom. The summed E-state index contributed by atoms with van der Waals surface area (Å²) in [4.78, 5) is 13.8. The molecule has 9 heavy (non-hydrogen) atoms. The topological polar surface area (TPSA) is 95.1 Å². The number of nitrogens with two attached hydrogens (primary N) is 2. The molecule has 5 nitrogen and oxygen atoms in total. The summed E-state index contributed by atoms with van der Waals surface area (Å²) in [6.45, 7) is 0. The van der Waals surface area contributed by atoms with Crippen molar-refractivity contribution in [3.05, 3.63) is 12.1 Å². The maximum Gasteiger partial charge on any atom is 0.272 e. The van der Waals surface area contributed by atoms with E-state index in [0.29, 0.717) is 0 Å². The summed E-state index contributed by atoms with van der Waals surface area (Å²) in [6.07, 6.45) is 1.06. The monoisotopic (exact) mass is 127 g/mol. The van der Waals surface area contributed by atoms with E-state index in [9.17, 15) is 4.79 Å². The van der Waals surface area contributed by atoms with E-state index in [0.717, 1.165) is 6.39 Å². The van der Waals surface area contributed by atoms with Crippen molar-refractivity contribution in [2.45, 2.75) is 0 Å². The smallest absolute Gasteiger partial charge is 0.272 e. The lowest BCUT2D eigenvalue weighted by Crippen LogP contribution is -2.13. The largest absolute Gasteiger partial charge is 0.427 e. The third kappa shape index (κ3) is 0.835. The third-order valence-electron chi connectivity index (χ3n) is 0.828. The number of rotatable bonds is 1. The SMILES string of the molecule is NC(=O)c1ncoc1N. The Morgan fingerprint density at radius 3 is 2.67 bits per heavy atom. The Labute approximate surface area is 50.7 Å². The molecule has 48 valence electrons. The van der Waals surface area contributed by atoms with Crippen LogP contribution in [0.15, 0.2) is 10.8 Å². The Balaban J connectivity index is 3.08. The van der Waals surface area contributed by atoms with Crippen molar-refractivity contribution in [2.24, 2.45) is 5.73 Å². The molecule has 1 aromatic rings. The van der Waals surface area contributed by atoms with Gasteiger partial charge in [0.15, 0.2) is 12.1 Å². The molecule has 1 rings (SSSR count). The number of nitrogen functional groups attached to an aromatic ring is 1. The molecular weight excluding hydrogens is 122 g/mol. The van der Waals surface area contributed by atoms with Gasteiger partial charge in [-0.25, -0.2) is 4.98 Å². The molecule has 0 fully saturated rings. The van der Waals surface area contributed by atoms with Crippen LogP contribution in [-0.2, 0) is 0 Å². The quantitative estimate of drug-likeness (QED) is 0.524. The number of carbonyl (C=O) groups excluding carboxylic acids is 1. The maximum atomic E-state index is 10.3. The maximum absolute atomic E-state index is 10.3. The fraction of sp³-hybridized carbons (Fsp3) is 0. The van der Waals surface area contributed by atoms with E-state index in [1.54, 1.807) is 0 Å². The van der Waals surface area contributed by atoms with Gasteiger partial charge in [-0.3, -0.25) is 4.79 Å². The Hall–Kier alpha value is -1.52. The van der Waals surface area contributed by atoms with E-state index in [1.807, 2.05) is 0 Å². The molecule has 0 aromatic carbocycles. The molecule has 0 aliphatic carbocycles. The van der Waals surface area contributed by atoms with Gasteiger partial charge in [0.05, 0.1) is 0 Å². The third-order valence-corrected chi connectivity index (χ3v) is 0.828. The molecule has 0 atom stereocenters. The summed E-state index contributed by atoms with van der Waals surface area (Å²) >= 11 is 0. The minimum atomic E-state index is -0.679. The van der Waals surface area contributed by atoms with E-state index in [2.05, 4.69) is 9.40 Å². The molecule has 1 aromatic heterocycles. The number of carbonyl (C=O) groups is 1. The molecule has 4 N–H and O–H groups in total. The molecule has 5 heteroatoms. The molecule has 0 saturated heterocycles. The number of primary amides is 1. The van der Waals surface area contributed by atoms with Gasteiger partial charge in [0.2, 0.25) is 5.88 Å². The number of nitrogens with zero attached hydrogens (tertiary/aromatic N) is 1. The van der Waals surface area contributed by atoms with E-state index in [1.165, 1.54) is 0 Å². The summed E-state index contributed by atoms with van der Waals surface area (Å²) in [5.74, 6) is -0.719.